The van der Waals surface area contributed by atoms with Crippen molar-refractivity contribution in [2.75, 3.05) is 26.9 Å². The Morgan fingerprint density at radius 1 is 0.625 bits per heavy atom. The summed E-state index contributed by atoms with van der Waals surface area (Å²) in [5, 5.41) is 88.8. The van der Waals surface area contributed by atoms with E-state index in [9.17, 15) is 50.4 Å². The standard InChI is InChI=1S/C29H44N2O17/c1-11(35)30-18-22(39)20(37)15(8-32)44-27(18)47-25-17(10-34)46-29(43-14-6-4-13(42-3)5-7-14)26(24(25)41)48-28-19(31-12(2)36)23(40)21(38)16(9-33)45-28/h4-7,15-29,32-34,37-41H,8-10H2,1-3H3,(H,30,35)(H,31,36)/t15?,16?,17?,18?,19?,20-,21-,22-,23-,24+,25-,26?,27+,28+,29+/m1/s1. The van der Waals surface area contributed by atoms with Gasteiger partial charge in [-0.25, -0.2) is 0 Å². The van der Waals surface area contributed by atoms with Gasteiger partial charge < -0.3 is 84.6 Å². The molecule has 10 N–H and O–H groups in total. The van der Waals surface area contributed by atoms with Crippen molar-refractivity contribution in [3.63, 3.8) is 0 Å². The fourth-order valence-electron chi connectivity index (χ4n) is 5.72. The molecule has 3 aliphatic heterocycles. The first kappa shape index (κ1) is 38.0. The van der Waals surface area contributed by atoms with Gasteiger partial charge in [-0.05, 0) is 24.3 Å². The van der Waals surface area contributed by atoms with Gasteiger partial charge in [-0.15, -0.1) is 0 Å². The monoisotopic (exact) mass is 692 g/mol. The SMILES string of the molecule is COc1ccc(O[C@H]2OC(CO)[C@@H](O[C@@H]3OC(CO)[C@@H](O)[C@H](O)C3NC(C)=O)[C@H](O)C2O[C@@H]2OC(CO)[C@@H](O)[C@H](O)C2NC(C)=O)cc1. The van der Waals surface area contributed by atoms with Crippen LogP contribution in [0.1, 0.15) is 13.8 Å². The normalized spacial score (nSPS) is 40.1. The van der Waals surface area contributed by atoms with Crippen LogP contribution in [-0.4, -0.2) is 172 Å². The molecule has 0 aromatic heterocycles. The summed E-state index contributed by atoms with van der Waals surface area (Å²) in [7, 11) is 1.46. The molecule has 4 rings (SSSR count). The molecular formula is C29H44N2O17. The minimum atomic E-state index is -1.84. The van der Waals surface area contributed by atoms with Crippen LogP contribution in [0.15, 0.2) is 24.3 Å². The molecule has 1 aromatic carbocycles. The maximum Gasteiger partial charge on any atom is 0.229 e. The fourth-order valence-corrected chi connectivity index (χ4v) is 5.72. The first-order valence-electron chi connectivity index (χ1n) is 15.2. The maximum absolute atomic E-state index is 12.0. The van der Waals surface area contributed by atoms with Gasteiger partial charge >= 0.3 is 0 Å². The Morgan fingerprint density at radius 3 is 1.46 bits per heavy atom. The number of aliphatic hydroxyl groups is 8. The summed E-state index contributed by atoms with van der Waals surface area (Å²) >= 11 is 0. The number of amides is 2. The van der Waals surface area contributed by atoms with E-state index in [0.717, 1.165) is 13.8 Å². The summed E-state index contributed by atoms with van der Waals surface area (Å²) in [4.78, 5) is 24.0. The van der Waals surface area contributed by atoms with Gasteiger partial charge in [-0.1, -0.05) is 0 Å². The second kappa shape index (κ2) is 16.8. The van der Waals surface area contributed by atoms with Crippen LogP contribution in [0.5, 0.6) is 11.5 Å². The van der Waals surface area contributed by atoms with Gasteiger partial charge in [0.15, 0.2) is 18.7 Å². The van der Waals surface area contributed by atoms with Gasteiger partial charge in [0.1, 0.15) is 78.5 Å². The molecule has 3 heterocycles. The number of rotatable bonds is 12. The molecule has 0 bridgehead atoms. The molecule has 0 radical (unpaired) electrons. The van der Waals surface area contributed by atoms with Gasteiger partial charge in [-0.2, -0.15) is 0 Å². The largest absolute Gasteiger partial charge is 0.497 e. The number of methoxy groups -OCH3 is 1. The van der Waals surface area contributed by atoms with Gasteiger partial charge in [-0.3, -0.25) is 9.59 Å². The number of aliphatic hydroxyl groups excluding tert-OH is 8. The van der Waals surface area contributed by atoms with Gasteiger partial charge in [0.25, 0.3) is 0 Å². The van der Waals surface area contributed by atoms with Crippen molar-refractivity contribution >= 4 is 11.8 Å². The van der Waals surface area contributed by atoms with Crippen molar-refractivity contribution in [3.8, 4) is 11.5 Å². The molecule has 1 aromatic rings. The predicted molar refractivity (Wildman–Crippen MR) is 156 cm³/mol. The number of benzene rings is 1. The van der Waals surface area contributed by atoms with Crippen LogP contribution < -0.4 is 20.1 Å². The lowest BCUT2D eigenvalue weighted by atomic mass is 9.94. The van der Waals surface area contributed by atoms with E-state index < -0.39 is 124 Å². The summed E-state index contributed by atoms with van der Waals surface area (Å²) in [6, 6.07) is 3.30. The number of nitrogens with one attached hydrogen (secondary N) is 2. The summed E-state index contributed by atoms with van der Waals surface area (Å²) < 4.78 is 40.5. The Kier molecular flexibility index (Phi) is 13.3. The molecular weight excluding hydrogens is 648 g/mol. The van der Waals surface area contributed by atoms with E-state index in [4.69, 9.17) is 33.2 Å². The molecule has 272 valence electrons. The van der Waals surface area contributed by atoms with Gasteiger partial charge in [0.05, 0.1) is 26.9 Å². The topological polar surface area (TPSA) is 285 Å². The lowest BCUT2D eigenvalue weighted by Crippen LogP contribution is -2.69. The molecule has 19 heteroatoms. The van der Waals surface area contributed by atoms with Crippen molar-refractivity contribution in [2.24, 2.45) is 0 Å². The Bertz CT molecular complexity index is 1190. The lowest BCUT2D eigenvalue weighted by molar-refractivity contribution is -0.365. The number of carbonyl (C=O) groups excluding carboxylic acids is 2. The zero-order valence-electron chi connectivity index (χ0n) is 26.3. The van der Waals surface area contributed by atoms with Crippen molar-refractivity contribution in [2.45, 2.75) is 106 Å². The molecule has 15 atom stereocenters. The number of hydrogen-bond acceptors (Lipinski definition) is 17. The number of carbonyl (C=O) groups is 2. The quantitative estimate of drug-likeness (QED) is 0.0980. The van der Waals surface area contributed by atoms with E-state index >= 15 is 0 Å². The summed E-state index contributed by atoms with van der Waals surface area (Å²) in [5.74, 6) is -0.602. The minimum Gasteiger partial charge on any atom is -0.497 e. The molecule has 0 spiro atoms. The minimum absolute atomic E-state index is 0.188. The molecule has 3 fully saturated rings. The summed E-state index contributed by atoms with van der Waals surface area (Å²) in [5.41, 5.74) is 0. The molecule has 3 saturated heterocycles. The van der Waals surface area contributed by atoms with E-state index in [2.05, 4.69) is 10.6 Å². The van der Waals surface area contributed by atoms with Crippen LogP contribution in [0.2, 0.25) is 0 Å². The van der Waals surface area contributed by atoms with E-state index in [1.807, 2.05) is 0 Å². The Balaban J connectivity index is 1.69. The third-order valence-corrected chi connectivity index (χ3v) is 8.19. The van der Waals surface area contributed by atoms with Crippen LogP contribution in [0.3, 0.4) is 0 Å². The highest BCUT2D eigenvalue weighted by atomic mass is 16.8. The molecule has 6 unspecified atom stereocenters. The van der Waals surface area contributed by atoms with Crippen LogP contribution in [-0.2, 0) is 33.3 Å². The van der Waals surface area contributed by atoms with E-state index in [1.54, 1.807) is 12.1 Å². The zero-order valence-corrected chi connectivity index (χ0v) is 26.3. The average Bonchev–Trinajstić information content (AvgIpc) is 3.06. The highest BCUT2D eigenvalue weighted by molar-refractivity contribution is 5.73. The molecule has 2 amide bonds. The van der Waals surface area contributed by atoms with Crippen molar-refractivity contribution < 1.29 is 83.6 Å². The molecule has 48 heavy (non-hydrogen) atoms. The molecule has 19 nitrogen and oxygen atoms in total. The van der Waals surface area contributed by atoms with E-state index in [-0.39, 0.29) is 5.75 Å². The zero-order chi connectivity index (χ0) is 35.3. The second-order valence-corrected chi connectivity index (χ2v) is 11.6. The first-order valence-corrected chi connectivity index (χ1v) is 15.2. The van der Waals surface area contributed by atoms with E-state index in [1.165, 1.54) is 19.2 Å². The fraction of sp³-hybridized carbons (Fsp3) is 0.724. The Hall–Kier alpha value is -2.76. The second-order valence-electron chi connectivity index (χ2n) is 11.6. The third-order valence-electron chi connectivity index (χ3n) is 8.19. The Labute approximate surface area is 274 Å². The van der Waals surface area contributed by atoms with Crippen molar-refractivity contribution in [1.82, 2.24) is 10.6 Å². The number of ether oxygens (including phenoxy) is 7. The van der Waals surface area contributed by atoms with Crippen LogP contribution in [0.4, 0.5) is 0 Å². The molecule has 0 aliphatic carbocycles. The molecule has 0 saturated carbocycles. The smallest absolute Gasteiger partial charge is 0.229 e. The summed E-state index contributed by atoms with van der Waals surface area (Å²) in [6.45, 7) is -0.0311. The predicted octanol–water partition coefficient (Wildman–Crippen LogP) is -5.19. The maximum atomic E-state index is 12.0. The highest BCUT2D eigenvalue weighted by Gasteiger charge is 2.55. The first-order chi connectivity index (χ1) is 22.8. The van der Waals surface area contributed by atoms with Gasteiger partial charge in [0, 0.05) is 13.8 Å². The third kappa shape index (κ3) is 8.51. The van der Waals surface area contributed by atoms with Crippen LogP contribution in [0.25, 0.3) is 0 Å². The van der Waals surface area contributed by atoms with Crippen LogP contribution in [0, 0.1) is 0 Å². The Morgan fingerprint density at radius 2 is 1.04 bits per heavy atom. The number of hydrogen-bond donors (Lipinski definition) is 10. The summed E-state index contributed by atoms with van der Waals surface area (Å²) in [6.07, 6.45) is -20.7. The van der Waals surface area contributed by atoms with Gasteiger partial charge in [0.2, 0.25) is 18.1 Å². The highest BCUT2D eigenvalue weighted by Crippen LogP contribution is 2.34. The average molecular weight is 693 g/mol. The van der Waals surface area contributed by atoms with Crippen molar-refractivity contribution in [1.29, 1.82) is 0 Å². The lowest BCUT2D eigenvalue weighted by Gasteiger charge is -2.49. The van der Waals surface area contributed by atoms with Crippen molar-refractivity contribution in [3.05, 3.63) is 24.3 Å². The molecule has 3 aliphatic rings. The van der Waals surface area contributed by atoms with E-state index in [0.29, 0.717) is 5.75 Å². The van der Waals surface area contributed by atoms with Crippen LogP contribution >= 0.6 is 0 Å².